The van der Waals surface area contributed by atoms with Gasteiger partial charge in [-0.3, -0.25) is 4.79 Å². The van der Waals surface area contributed by atoms with E-state index in [1.807, 2.05) is 6.92 Å². The lowest BCUT2D eigenvalue weighted by atomic mass is 10.1. The zero-order chi connectivity index (χ0) is 14.3. The fourth-order valence-electron chi connectivity index (χ4n) is 1.18. The fourth-order valence-corrected chi connectivity index (χ4v) is 4.54. The zero-order valence-corrected chi connectivity index (χ0v) is 13.5. The molecule has 18 heavy (non-hydrogen) atoms. The first kappa shape index (κ1) is 17.9. The van der Waals surface area contributed by atoms with Crippen molar-refractivity contribution in [2.45, 2.75) is 26.8 Å². The molecular weight excluding hydrogens is 293 g/mol. The average molecular weight is 313 g/mol. The molecule has 8 heteroatoms. The molecule has 0 aromatic carbocycles. The molecule has 0 aliphatic carbocycles. The predicted octanol–water partition coefficient (Wildman–Crippen LogP) is 1.92. The quantitative estimate of drug-likeness (QED) is 0.667. The summed E-state index contributed by atoms with van der Waals surface area (Å²) in [6.45, 7) is 7.67. The van der Waals surface area contributed by atoms with Crippen molar-refractivity contribution in [3.05, 3.63) is 0 Å². The molecular formula is C10H20NO4PS2. The van der Waals surface area contributed by atoms with Crippen LogP contribution in [0.4, 0.5) is 0 Å². The van der Waals surface area contributed by atoms with Crippen LogP contribution in [0.5, 0.6) is 0 Å². The number of carbonyl (C=O) groups is 2. The summed E-state index contributed by atoms with van der Waals surface area (Å²) in [5.41, 5.74) is -2.00. The van der Waals surface area contributed by atoms with Gasteiger partial charge in [-0.25, -0.2) is 4.79 Å². The molecule has 2 N–H and O–H groups in total. The molecule has 0 aromatic rings. The summed E-state index contributed by atoms with van der Waals surface area (Å²) in [6.07, 6.45) is 0. The van der Waals surface area contributed by atoms with Crippen molar-refractivity contribution in [2.75, 3.05) is 19.0 Å². The van der Waals surface area contributed by atoms with Gasteiger partial charge >= 0.3 is 5.97 Å². The van der Waals surface area contributed by atoms with Crippen LogP contribution in [0.25, 0.3) is 0 Å². The van der Waals surface area contributed by atoms with Crippen molar-refractivity contribution in [3.63, 3.8) is 0 Å². The maximum atomic E-state index is 11.6. The lowest BCUT2D eigenvalue weighted by molar-refractivity contribution is -0.142. The van der Waals surface area contributed by atoms with Crippen molar-refractivity contribution in [2.24, 2.45) is 5.92 Å². The number of aliphatic carboxylic acids is 1. The second-order valence-corrected chi connectivity index (χ2v) is 12.1. The third kappa shape index (κ3) is 7.36. The topological polar surface area (TPSA) is 75.6 Å². The maximum absolute atomic E-state index is 11.6. The second-order valence-electron chi connectivity index (χ2n) is 4.09. The molecule has 0 saturated carbocycles. The molecule has 0 rings (SSSR count). The molecule has 0 spiro atoms. The summed E-state index contributed by atoms with van der Waals surface area (Å²) in [6, 6.07) is -0.861. The van der Waals surface area contributed by atoms with E-state index in [4.69, 9.17) is 21.4 Å². The Morgan fingerprint density at radius 3 is 2.44 bits per heavy atom. The number of carbonyl (C=O) groups excluding carboxylic acids is 1. The highest BCUT2D eigenvalue weighted by molar-refractivity contribution is 8.69. The van der Waals surface area contributed by atoms with E-state index >= 15 is 0 Å². The van der Waals surface area contributed by atoms with Crippen LogP contribution in [-0.4, -0.2) is 42.0 Å². The Bertz CT molecular complexity index is 349. The largest absolute Gasteiger partial charge is 0.480 e. The van der Waals surface area contributed by atoms with Gasteiger partial charge in [-0.1, -0.05) is 37.0 Å². The van der Waals surface area contributed by atoms with Crippen LogP contribution in [0.3, 0.4) is 0 Å². The molecule has 0 aromatic heterocycles. The number of carboxylic acid groups (broad SMARTS) is 1. The number of hydrogen-bond donors (Lipinski definition) is 2. The maximum Gasteiger partial charge on any atom is 0.326 e. The normalized spacial score (nSPS) is 16.1. The van der Waals surface area contributed by atoms with Crippen molar-refractivity contribution >= 4 is 40.5 Å². The Morgan fingerprint density at radius 1 is 1.50 bits per heavy atom. The van der Waals surface area contributed by atoms with Crippen LogP contribution in [0.1, 0.15) is 20.8 Å². The molecule has 0 unspecified atom stereocenters. The van der Waals surface area contributed by atoms with Gasteiger partial charge in [-0.05, 0) is 19.5 Å². The Balaban J connectivity index is 4.27. The highest BCUT2D eigenvalue weighted by Crippen LogP contribution is 2.56. The summed E-state index contributed by atoms with van der Waals surface area (Å²) in [4.78, 5) is 22.6. The van der Waals surface area contributed by atoms with E-state index in [-0.39, 0.29) is 17.6 Å². The van der Waals surface area contributed by atoms with Gasteiger partial charge in [0.25, 0.3) is 0 Å². The van der Waals surface area contributed by atoms with Crippen LogP contribution < -0.4 is 5.32 Å². The molecule has 106 valence electrons. The third-order valence-electron chi connectivity index (χ3n) is 2.04. The van der Waals surface area contributed by atoms with Crippen LogP contribution in [0.2, 0.25) is 0 Å². The van der Waals surface area contributed by atoms with Gasteiger partial charge < -0.3 is 14.9 Å². The number of nitrogens with one attached hydrogen (secondary N) is 1. The van der Waals surface area contributed by atoms with Crippen molar-refractivity contribution in [1.29, 1.82) is 0 Å². The van der Waals surface area contributed by atoms with Crippen molar-refractivity contribution in [1.82, 2.24) is 5.32 Å². The van der Waals surface area contributed by atoms with E-state index in [0.29, 0.717) is 6.61 Å². The van der Waals surface area contributed by atoms with Crippen LogP contribution in [-0.2, 0) is 25.9 Å². The Morgan fingerprint density at radius 2 is 2.06 bits per heavy atom. The van der Waals surface area contributed by atoms with Gasteiger partial charge in [-0.15, -0.1) is 0 Å². The van der Waals surface area contributed by atoms with Gasteiger partial charge in [0.1, 0.15) is 11.5 Å². The molecule has 0 radical (unpaired) electrons. The van der Waals surface area contributed by atoms with Crippen LogP contribution in [0, 0.1) is 5.92 Å². The van der Waals surface area contributed by atoms with E-state index in [9.17, 15) is 9.59 Å². The van der Waals surface area contributed by atoms with Crippen LogP contribution >= 0.6 is 16.8 Å². The lowest BCUT2D eigenvalue weighted by Gasteiger charge is -2.19. The number of rotatable bonds is 8. The average Bonchev–Trinajstić information content (AvgIpc) is 2.22. The van der Waals surface area contributed by atoms with Gasteiger partial charge in [0.05, 0.1) is 5.75 Å². The zero-order valence-electron chi connectivity index (χ0n) is 11.0. The minimum Gasteiger partial charge on any atom is -0.480 e. The first-order valence-corrected chi connectivity index (χ1v) is 10.3. The Labute approximate surface area is 117 Å². The number of carboxylic acids is 1. The SMILES string of the molecule is CCO[P@](C)(=S)SCC(=O)N[C@@H](C(=O)O)C(C)C. The van der Waals surface area contributed by atoms with E-state index in [0.717, 1.165) is 0 Å². The van der Waals surface area contributed by atoms with Crippen LogP contribution in [0.15, 0.2) is 0 Å². The number of hydrogen-bond acceptors (Lipinski definition) is 5. The van der Waals surface area contributed by atoms with Crippen molar-refractivity contribution in [3.8, 4) is 0 Å². The highest BCUT2D eigenvalue weighted by atomic mass is 32.9. The summed E-state index contributed by atoms with van der Waals surface area (Å²) in [5, 5.41) is 11.4. The summed E-state index contributed by atoms with van der Waals surface area (Å²) in [7, 11) is 0. The first-order valence-electron chi connectivity index (χ1n) is 5.58. The van der Waals surface area contributed by atoms with Gasteiger partial charge in [-0.2, -0.15) is 0 Å². The molecule has 5 nitrogen and oxygen atoms in total. The minimum absolute atomic E-state index is 0.129. The van der Waals surface area contributed by atoms with E-state index in [1.54, 1.807) is 20.5 Å². The molecule has 0 aliphatic heterocycles. The Kier molecular flexibility index (Phi) is 8.10. The monoisotopic (exact) mass is 313 g/mol. The summed E-state index contributed by atoms with van der Waals surface area (Å²) in [5.74, 6) is -1.38. The standard InChI is InChI=1S/C10H20NO4PS2/c1-5-15-16(4,17)18-6-8(12)11-9(7(2)3)10(13)14/h7,9H,5-6H2,1-4H3,(H,11,12)(H,13,14)/t9-,16-/m1/s1. The number of amides is 1. The lowest BCUT2D eigenvalue weighted by Crippen LogP contribution is -2.45. The highest BCUT2D eigenvalue weighted by Gasteiger charge is 2.24. The van der Waals surface area contributed by atoms with E-state index in [1.165, 1.54) is 11.4 Å². The van der Waals surface area contributed by atoms with Gasteiger partial charge in [0, 0.05) is 6.61 Å². The van der Waals surface area contributed by atoms with Gasteiger partial charge in [0.15, 0.2) is 0 Å². The minimum atomic E-state index is -2.00. The molecule has 0 heterocycles. The van der Waals surface area contributed by atoms with E-state index in [2.05, 4.69) is 5.32 Å². The summed E-state index contributed by atoms with van der Waals surface area (Å²) < 4.78 is 5.37. The molecule has 0 saturated heterocycles. The fraction of sp³-hybridized carbons (Fsp3) is 0.800. The Hall–Kier alpha value is -0.100. The van der Waals surface area contributed by atoms with Crippen molar-refractivity contribution < 1.29 is 19.2 Å². The second kappa shape index (κ2) is 8.15. The van der Waals surface area contributed by atoms with Gasteiger partial charge in [0.2, 0.25) is 5.91 Å². The molecule has 0 aliphatic rings. The predicted molar refractivity (Wildman–Crippen MR) is 78.7 cm³/mol. The first-order chi connectivity index (χ1) is 8.19. The molecule has 2 atom stereocenters. The summed E-state index contributed by atoms with van der Waals surface area (Å²) >= 11 is 6.51. The van der Waals surface area contributed by atoms with E-state index < -0.39 is 17.5 Å². The molecule has 1 amide bonds. The molecule has 0 bridgehead atoms. The third-order valence-corrected chi connectivity index (χ3v) is 7.01. The molecule has 0 fully saturated rings. The smallest absolute Gasteiger partial charge is 0.326 e.